The van der Waals surface area contributed by atoms with Gasteiger partial charge < -0.3 is 4.90 Å². The number of aromatic nitrogens is 4. The highest BCUT2D eigenvalue weighted by Crippen LogP contribution is 2.24. The van der Waals surface area contributed by atoms with Crippen molar-refractivity contribution in [2.24, 2.45) is 0 Å². The first-order valence-corrected chi connectivity index (χ1v) is 12.1. The summed E-state index contributed by atoms with van der Waals surface area (Å²) < 4.78 is 4.27. The topological polar surface area (TPSA) is 72.5 Å². The van der Waals surface area contributed by atoms with Gasteiger partial charge >= 0.3 is 0 Å². The van der Waals surface area contributed by atoms with Crippen LogP contribution >= 0.6 is 34.7 Å². The third kappa shape index (κ3) is 4.49. The molecule has 1 amide bonds. The Balaban J connectivity index is 1.61. The van der Waals surface area contributed by atoms with E-state index >= 15 is 0 Å². The van der Waals surface area contributed by atoms with E-state index in [1.807, 2.05) is 40.8 Å². The molecule has 0 saturated heterocycles. The van der Waals surface area contributed by atoms with E-state index < -0.39 is 0 Å². The van der Waals surface area contributed by atoms with Crippen molar-refractivity contribution in [3.8, 4) is 0 Å². The molecule has 31 heavy (non-hydrogen) atoms. The standard InChI is InChI=1S/C21H22ClN5O2S2/c1-3-4-11-26-19(29)15-7-5-6-8-16(15)27-20(26)23-24-21(27)30-13-18(28)25(2)12-14-9-10-17(22)31-14/h5-10H,3-4,11-13H2,1-2H3. The SMILES string of the molecule is CCCCn1c(=O)c2ccccc2n2c(SCC(=O)N(C)Cc3ccc(Cl)s3)nnc12. The number of halogens is 1. The predicted octanol–water partition coefficient (Wildman–Crippen LogP) is 4.31. The van der Waals surface area contributed by atoms with E-state index in [-0.39, 0.29) is 17.2 Å². The van der Waals surface area contributed by atoms with Gasteiger partial charge in [0.05, 0.1) is 27.5 Å². The lowest BCUT2D eigenvalue weighted by molar-refractivity contribution is -0.127. The van der Waals surface area contributed by atoms with Gasteiger partial charge in [-0.05, 0) is 30.7 Å². The van der Waals surface area contributed by atoms with E-state index in [1.54, 1.807) is 16.5 Å². The number of aryl methyl sites for hydroxylation is 1. The van der Waals surface area contributed by atoms with Crippen molar-refractivity contribution >= 4 is 57.3 Å². The Hall–Kier alpha value is -2.36. The van der Waals surface area contributed by atoms with Crippen molar-refractivity contribution < 1.29 is 4.79 Å². The second-order valence-electron chi connectivity index (χ2n) is 7.19. The third-order valence-electron chi connectivity index (χ3n) is 4.99. The van der Waals surface area contributed by atoms with E-state index in [2.05, 4.69) is 17.1 Å². The summed E-state index contributed by atoms with van der Waals surface area (Å²) in [6, 6.07) is 11.2. The first-order valence-electron chi connectivity index (χ1n) is 9.97. The van der Waals surface area contributed by atoms with Crippen LogP contribution in [0.4, 0.5) is 0 Å². The second-order valence-corrected chi connectivity index (χ2v) is 9.93. The van der Waals surface area contributed by atoms with Crippen LogP contribution in [0.15, 0.2) is 46.3 Å². The monoisotopic (exact) mass is 475 g/mol. The molecule has 7 nitrogen and oxygen atoms in total. The minimum Gasteiger partial charge on any atom is -0.340 e. The highest BCUT2D eigenvalue weighted by molar-refractivity contribution is 7.99. The number of rotatable bonds is 8. The summed E-state index contributed by atoms with van der Waals surface area (Å²) in [6.45, 7) is 3.18. The molecular weight excluding hydrogens is 454 g/mol. The van der Waals surface area contributed by atoms with E-state index in [1.165, 1.54) is 23.1 Å². The number of hydrogen-bond acceptors (Lipinski definition) is 6. The molecule has 0 atom stereocenters. The molecule has 3 heterocycles. The highest BCUT2D eigenvalue weighted by atomic mass is 35.5. The van der Waals surface area contributed by atoms with Crippen molar-refractivity contribution in [1.82, 2.24) is 24.1 Å². The second kappa shape index (κ2) is 9.42. The number of benzene rings is 1. The molecule has 0 unspecified atom stereocenters. The van der Waals surface area contributed by atoms with Crippen molar-refractivity contribution in [3.05, 3.63) is 56.0 Å². The minimum absolute atomic E-state index is 0.0186. The maximum absolute atomic E-state index is 13.0. The third-order valence-corrected chi connectivity index (χ3v) is 7.12. The number of thioether (sulfide) groups is 1. The maximum Gasteiger partial charge on any atom is 0.262 e. The summed E-state index contributed by atoms with van der Waals surface area (Å²) in [7, 11) is 1.77. The number of para-hydroxylation sites is 1. The fraction of sp³-hybridized carbons (Fsp3) is 0.333. The summed E-state index contributed by atoms with van der Waals surface area (Å²) in [5.74, 6) is 0.710. The Morgan fingerprint density at radius 2 is 2.03 bits per heavy atom. The number of fused-ring (bicyclic) bond motifs is 3. The average molecular weight is 476 g/mol. The van der Waals surface area contributed by atoms with Crippen LogP contribution in [0.5, 0.6) is 0 Å². The molecule has 0 N–H and O–H groups in total. The Bertz CT molecular complexity index is 1300. The largest absolute Gasteiger partial charge is 0.340 e. The lowest BCUT2D eigenvalue weighted by Crippen LogP contribution is -2.27. The van der Waals surface area contributed by atoms with Crippen LogP contribution in [0.3, 0.4) is 0 Å². The molecule has 3 aromatic heterocycles. The number of amides is 1. The molecule has 0 aliphatic rings. The fourth-order valence-electron chi connectivity index (χ4n) is 3.34. The summed E-state index contributed by atoms with van der Waals surface area (Å²) in [5.41, 5.74) is 0.683. The summed E-state index contributed by atoms with van der Waals surface area (Å²) in [5, 5.41) is 9.81. The molecule has 10 heteroatoms. The first-order chi connectivity index (χ1) is 15.0. The van der Waals surface area contributed by atoms with Crippen LogP contribution in [-0.4, -0.2) is 42.8 Å². The Kier molecular flexibility index (Phi) is 6.64. The molecule has 0 radical (unpaired) electrons. The van der Waals surface area contributed by atoms with Gasteiger partial charge in [0, 0.05) is 18.5 Å². The van der Waals surface area contributed by atoms with Gasteiger partial charge in [-0.1, -0.05) is 48.8 Å². The minimum atomic E-state index is -0.0640. The zero-order valence-electron chi connectivity index (χ0n) is 17.2. The van der Waals surface area contributed by atoms with Gasteiger partial charge in [-0.25, -0.2) is 0 Å². The van der Waals surface area contributed by atoms with E-state index in [4.69, 9.17) is 11.6 Å². The molecule has 0 fully saturated rings. The zero-order chi connectivity index (χ0) is 22.0. The number of nitrogens with zero attached hydrogens (tertiary/aromatic N) is 5. The summed E-state index contributed by atoms with van der Waals surface area (Å²) in [6.07, 6.45) is 1.84. The van der Waals surface area contributed by atoms with Crippen LogP contribution in [0.25, 0.3) is 16.7 Å². The number of unbranched alkanes of at least 4 members (excludes halogenated alkanes) is 1. The number of carbonyl (C=O) groups is 1. The van der Waals surface area contributed by atoms with Crippen LogP contribution in [0.2, 0.25) is 4.34 Å². The Morgan fingerprint density at radius 3 is 2.77 bits per heavy atom. The molecule has 0 saturated carbocycles. The van der Waals surface area contributed by atoms with Gasteiger partial charge in [-0.3, -0.25) is 18.6 Å². The molecule has 4 aromatic rings. The predicted molar refractivity (Wildman–Crippen MR) is 126 cm³/mol. The normalized spacial score (nSPS) is 11.5. The van der Waals surface area contributed by atoms with Crippen LogP contribution < -0.4 is 5.56 Å². The molecular formula is C21H22ClN5O2S2. The van der Waals surface area contributed by atoms with E-state index in [0.29, 0.717) is 33.7 Å². The number of thiophene rings is 1. The molecule has 4 rings (SSSR count). The lowest BCUT2D eigenvalue weighted by Gasteiger charge is -2.15. The van der Waals surface area contributed by atoms with Gasteiger partial charge in [-0.2, -0.15) is 0 Å². The molecule has 0 aliphatic heterocycles. The maximum atomic E-state index is 13.0. The summed E-state index contributed by atoms with van der Waals surface area (Å²) in [4.78, 5) is 28.4. The van der Waals surface area contributed by atoms with Crippen molar-refractivity contribution in [2.75, 3.05) is 12.8 Å². The Labute approximate surface area is 192 Å². The highest BCUT2D eigenvalue weighted by Gasteiger charge is 2.18. The molecule has 0 aliphatic carbocycles. The molecule has 1 aromatic carbocycles. The molecule has 162 valence electrons. The van der Waals surface area contributed by atoms with Crippen molar-refractivity contribution in [3.63, 3.8) is 0 Å². The molecule has 0 bridgehead atoms. The van der Waals surface area contributed by atoms with Crippen LogP contribution in [-0.2, 0) is 17.9 Å². The smallest absolute Gasteiger partial charge is 0.262 e. The van der Waals surface area contributed by atoms with Gasteiger partial charge in [0.2, 0.25) is 11.7 Å². The zero-order valence-corrected chi connectivity index (χ0v) is 19.6. The lowest BCUT2D eigenvalue weighted by atomic mass is 10.2. The first kappa shape index (κ1) is 21.9. The average Bonchev–Trinajstić information content (AvgIpc) is 3.38. The summed E-state index contributed by atoms with van der Waals surface area (Å²) >= 11 is 8.77. The molecule has 0 spiro atoms. The van der Waals surface area contributed by atoms with Crippen LogP contribution in [0.1, 0.15) is 24.6 Å². The van der Waals surface area contributed by atoms with Gasteiger partial charge in [0.15, 0.2) is 5.16 Å². The quantitative estimate of drug-likeness (QED) is 0.355. The van der Waals surface area contributed by atoms with Gasteiger partial charge in [-0.15, -0.1) is 21.5 Å². The van der Waals surface area contributed by atoms with Gasteiger partial charge in [0.25, 0.3) is 5.56 Å². The number of carbonyl (C=O) groups excluding carboxylic acids is 1. The van der Waals surface area contributed by atoms with Crippen LogP contribution in [0, 0.1) is 0 Å². The number of hydrogen-bond donors (Lipinski definition) is 0. The van der Waals surface area contributed by atoms with Crippen molar-refractivity contribution in [2.45, 2.75) is 38.0 Å². The van der Waals surface area contributed by atoms with Crippen molar-refractivity contribution in [1.29, 1.82) is 0 Å². The van der Waals surface area contributed by atoms with Gasteiger partial charge in [0.1, 0.15) is 0 Å². The van der Waals surface area contributed by atoms with E-state index in [0.717, 1.165) is 23.2 Å². The fourth-order valence-corrected chi connectivity index (χ4v) is 5.36. The van der Waals surface area contributed by atoms with E-state index in [9.17, 15) is 9.59 Å². The Morgan fingerprint density at radius 1 is 1.23 bits per heavy atom.